The average molecular weight is 400 g/mol. The Labute approximate surface area is 173 Å². The van der Waals surface area contributed by atoms with Gasteiger partial charge in [0.1, 0.15) is 0 Å². The highest BCUT2D eigenvalue weighted by Gasteiger charge is 2.32. The lowest BCUT2D eigenvalue weighted by Crippen LogP contribution is -2.39. The van der Waals surface area contributed by atoms with Gasteiger partial charge < -0.3 is 9.47 Å². The summed E-state index contributed by atoms with van der Waals surface area (Å²) in [7, 11) is 3.41. The number of hydrogen-bond acceptors (Lipinski definition) is 3. The predicted molar refractivity (Wildman–Crippen MR) is 115 cm³/mol. The average Bonchev–Trinajstić information content (AvgIpc) is 2.73. The van der Waals surface area contributed by atoms with E-state index in [1.807, 2.05) is 6.07 Å². The molecule has 0 bridgehead atoms. The summed E-state index contributed by atoms with van der Waals surface area (Å²) in [5.41, 5.74) is 3.93. The van der Waals surface area contributed by atoms with E-state index in [2.05, 4.69) is 35.2 Å². The highest BCUT2D eigenvalue weighted by atomic mass is 35.5. The number of rotatable bonds is 5. The molecule has 0 amide bonds. The summed E-state index contributed by atoms with van der Waals surface area (Å²) in [5.74, 6) is 2.41. The van der Waals surface area contributed by atoms with Crippen LogP contribution < -0.4 is 9.47 Å². The van der Waals surface area contributed by atoms with Gasteiger partial charge in [-0.05, 0) is 66.1 Å². The highest BCUT2D eigenvalue weighted by Crippen LogP contribution is 2.42. The molecule has 0 spiro atoms. The van der Waals surface area contributed by atoms with Gasteiger partial charge >= 0.3 is 0 Å². The van der Waals surface area contributed by atoms with Crippen LogP contribution in [0.25, 0.3) is 0 Å². The maximum atomic E-state index is 6.37. The summed E-state index contributed by atoms with van der Waals surface area (Å²) in [6, 6.07) is 12.9. The van der Waals surface area contributed by atoms with Gasteiger partial charge in [0.2, 0.25) is 0 Å². The highest BCUT2D eigenvalue weighted by molar-refractivity contribution is 6.30. The molecule has 2 aliphatic rings. The second kappa shape index (κ2) is 8.75. The van der Waals surface area contributed by atoms with Crippen LogP contribution in [-0.4, -0.2) is 32.2 Å². The van der Waals surface area contributed by atoms with Crippen LogP contribution in [0.3, 0.4) is 0 Å². The molecule has 2 aromatic rings. The summed E-state index contributed by atoms with van der Waals surface area (Å²) in [6.45, 7) is 2.22. The Kier molecular flexibility index (Phi) is 6.13. The van der Waals surface area contributed by atoms with Crippen LogP contribution in [0, 0.1) is 5.92 Å². The lowest BCUT2D eigenvalue weighted by molar-refractivity contribution is 0.159. The van der Waals surface area contributed by atoms with Gasteiger partial charge in [0, 0.05) is 18.1 Å². The molecule has 4 rings (SSSR count). The quantitative estimate of drug-likeness (QED) is 0.626. The molecule has 150 valence electrons. The molecule has 0 aromatic heterocycles. The molecule has 1 unspecified atom stereocenters. The van der Waals surface area contributed by atoms with Crippen molar-refractivity contribution in [2.45, 2.75) is 44.6 Å². The first-order chi connectivity index (χ1) is 13.7. The zero-order valence-electron chi connectivity index (χ0n) is 16.9. The van der Waals surface area contributed by atoms with E-state index in [1.165, 1.54) is 48.8 Å². The number of benzene rings is 2. The van der Waals surface area contributed by atoms with Crippen LogP contribution >= 0.6 is 11.6 Å². The van der Waals surface area contributed by atoms with Gasteiger partial charge in [0.25, 0.3) is 0 Å². The standard InChI is InChI=1S/C24H30ClNO2/c1-27-22-14-18-11-12-26(16-17-7-4-3-5-8-17)24(21(18)15-23(22)28-2)19-9-6-10-20(25)13-19/h6,9-10,13-15,17,24H,3-5,7-8,11-12,16H2,1-2H3. The summed E-state index contributed by atoms with van der Waals surface area (Å²) >= 11 is 6.37. The van der Waals surface area contributed by atoms with E-state index in [9.17, 15) is 0 Å². The first-order valence-corrected chi connectivity index (χ1v) is 10.8. The molecule has 4 heteroatoms. The second-order valence-corrected chi connectivity index (χ2v) is 8.55. The fraction of sp³-hybridized carbons (Fsp3) is 0.500. The van der Waals surface area contributed by atoms with Crippen molar-refractivity contribution in [2.75, 3.05) is 27.3 Å². The summed E-state index contributed by atoms with van der Waals surface area (Å²) in [6.07, 6.45) is 7.91. The summed E-state index contributed by atoms with van der Waals surface area (Å²) < 4.78 is 11.2. The van der Waals surface area contributed by atoms with E-state index in [1.54, 1.807) is 14.2 Å². The molecule has 0 N–H and O–H groups in total. The molecule has 1 atom stereocenters. The van der Waals surface area contributed by atoms with Gasteiger partial charge in [-0.15, -0.1) is 0 Å². The lowest BCUT2D eigenvalue weighted by atomic mass is 9.84. The zero-order valence-corrected chi connectivity index (χ0v) is 17.7. The zero-order chi connectivity index (χ0) is 19.5. The third kappa shape index (κ3) is 4.01. The molecule has 1 saturated carbocycles. The van der Waals surface area contributed by atoms with Gasteiger partial charge in [-0.25, -0.2) is 0 Å². The number of methoxy groups -OCH3 is 2. The van der Waals surface area contributed by atoms with Crippen LogP contribution in [-0.2, 0) is 6.42 Å². The Bertz CT molecular complexity index is 816. The number of ether oxygens (including phenoxy) is 2. The van der Waals surface area contributed by atoms with Gasteiger partial charge in [0.15, 0.2) is 11.5 Å². The van der Waals surface area contributed by atoms with Crippen molar-refractivity contribution in [3.8, 4) is 11.5 Å². The van der Waals surface area contributed by atoms with E-state index in [0.717, 1.165) is 41.9 Å². The van der Waals surface area contributed by atoms with E-state index >= 15 is 0 Å². The Balaban J connectivity index is 1.74. The molecule has 1 aliphatic carbocycles. The van der Waals surface area contributed by atoms with E-state index < -0.39 is 0 Å². The first-order valence-electron chi connectivity index (χ1n) is 10.4. The maximum absolute atomic E-state index is 6.37. The van der Waals surface area contributed by atoms with Crippen molar-refractivity contribution in [1.82, 2.24) is 4.90 Å². The first kappa shape index (κ1) is 19.6. The van der Waals surface area contributed by atoms with Crippen molar-refractivity contribution in [3.05, 3.63) is 58.1 Å². The second-order valence-electron chi connectivity index (χ2n) is 8.11. The maximum Gasteiger partial charge on any atom is 0.161 e. The molecule has 1 fully saturated rings. The Hall–Kier alpha value is -1.71. The predicted octanol–water partition coefficient (Wildman–Crippen LogP) is 5.89. The van der Waals surface area contributed by atoms with Crippen molar-refractivity contribution >= 4 is 11.6 Å². The van der Waals surface area contributed by atoms with Crippen LogP contribution in [0.2, 0.25) is 5.02 Å². The van der Waals surface area contributed by atoms with Crippen LogP contribution in [0.15, 0.2) is 36.4 Å². The largest absolute Gasteiger partial charge is 0.493 e. The molecule has 0 radical (unpaired) electrons. The van der Waals surface area contributed by atoms with Gasteiger partial charge in [0.05, 0.1) is 20.3 Å². The minimum absolute atomic E-state index is 0.212. The van der Waals surface area contributed by atoms with Crippen LogP contribution in [0.4, 0.5) is 0 Å². The summed E-state index contributed by atoms with van der Waals surface area (Å²) in [5, 5.41) is 0.794. The van der Waals surface area contributed by atoms with Gasteiger partial charge in [-0.1, -0.05) is 43.0 Å². The molecule has 2 aromatic carbocycles. The Morgan fingerprint density at radius 1 is 1.00 bits per heavy atom. The Morgan fingerprint density at radius 3 is 2.46 bits per heavy atom. The molecular weight excluding hydrogens is 370 g/mol. The molecule has 3 nitrogen and oxygen atoms in total. The minimum Gasteiger partial charge on any atom is -0.493 e. The third-order valence-corrected chi connectivity index (χ3v) is 6.59. The molecule has 0 saturated heterocycles. The molecule has 28 heavy (non-hydrogen) atoms. The fourth-order valence-corrected chi connectivity index (χ4v) is 5.16. The van der Waals surface area contributed by atoms with Crippen LogP contribution in [0.5, 0.6) is 11.5 Å². The number of nitrogens with zero attached hydrogens (tertiary/aromatic N) is 1. The smallest absolute Gasteiger partial charge is 0.161 e. The summed E-state index contributed by atoms with van der Waals surface area (Å²) in [4.78, 5) is 2.66. The lowest BCUT2D eigenvalue weighted by Gasteiger charge is -2.40. The van der Waals surface area contributed by atoms with Crippen molar-refractivity contribution in [3.63, 3.8) is 0 Å². The van der Waals surface area contributed by atoms with Crippen molar-refractivity contribution in [1.29, 1.82) is 0 Å². The molecule has 1 aliphatic heterocycles. The van der Waals surface area contributed by atoms with E-state index in [0.29, 0.717) is 0 Å². The molecule has 1 heterocycles. The SMILES string of the molecule is COc1cc2c(cc1OC)C(c1cccc(Cl)c1)N(CC1CCCCC1)CC2. The monoisotopic (exact) mass is 399 g/mol. The topological polar surface area (TPSA) is 21.7 Å². The van der Waals surface area contributed by atoms with Gasteiger partial charge in [-0.2, -0.15) is 0 Å². The number of fused-ring (bicyclic) bond motifs is 1. The Morgan fingerprint density at radius 2 is 1.75 bits per heavy atom. The van der Waals surface area contributed by atoms with Crippen molar-refractivity contribution < 1.29 is 9.47 Å². The minimum atomic E-state index is 0.212. The van der Waals surface area contributed by atoms with Crippen molar-refractivity contribution in [2.24, 2.45) is 5.92 Å². The van der Waals surface area contributed by atoms with E-state index in [-0.39, 0.29) is 6.04 Å². The van der Waals surface area contributed by atoms with Crippen LogP contribution in [0.1, 0.15) is 54.8 Å². The third-order valence-electron chi connectivity index (χ3n) is 6.36. The number of hydrogen-bond donors (Lipinski definition) is 0. The fourth-order valence-electron chi connectivity index (χ4n) is 4.96. The molecular formula is C24H30ClNO2. The number of halogens is 1. The normalized spacial score (nSPS) is 20.6. The van der Waals surface area contributed by atoms with E-state index in [4.69, 9.17) is 21.1 Å². The van der Waals surface area contributed by atoms with Gasteiger partial charge in [-0.3, -0.25) is 4.90 Å².